The Balaban J connectivity index is 1.34. The normalized spacial score (nSPS) is 11.0. The van der Waals surface area contributed by atoms with Crippen molar-refractivity contribution in [2.45, 2.75) is 0 Å². The molecule has 0 unspecified atom stereocenters. The zero-order valence-corrected chi connectivity index (χ0v) is 24.7. The van der Waals surface area contributed by atoms with Crippen molar-refractivity contribution in [1.29, 1.82) is 0 Å². The number of hydrazone groups is 1. The summed E-state index contributed by atoms with van der Waals surface area (Å²) in [5.41, 5.74) is 5.58. The molecule has 1 amide bonds. The number of aromatic nitrogens is 1. The highest BCUT2D eigenvalue weighted by atomic mass is 127. The van der Waals surface area contributed by atoms with Gasteiger partial charge in [0.15, 0.2) is 11.5 Å². The Labute approximate surface area is 257 Å². The summed E-state index contributed by atoms with van der Waals surface area (Å²) in [6.45, 7) is 0. The van der Waals surface area contributed by atoms with Crippen molar-refractivity contribution in [2.75, 3.05) is 7.11 Å². The van der Waals surface area contributed by atoms with Crippen LogP contribution < -0.4 is 14.9 Å². The molecule has 0 aliphatic rings. The van der Waals surface area contributed by atoms with E-state index in [9.17, 15) is 19.7 Å². The van der Waals surface area contributed by atoms with Gasteiger partial charge in [-0.25, -0.2) is 10.2 Å². The molecule has 0 saturated heterocycles. The maximum atomic E-state index is 13.3. The van der Waals surface area contributed by atoms with Gasteiger partial charge in [-0.1, -0.05) is 29.8 Å². The van der Waals surface area contributed by atoms with Gasteiger partial charge in [-0.3, -0.25) is 14.9 Å². The SMILES string of the molecule is COc1cc(C=NNC(=O)c2[nH]c3ccc(I)cc3c2-c2ccccc2Cl)ccc1OC(=O)c1ccc([N+](=O)[O-])cc1. The third kappa shape index (κ3) is 6.11. The number of amides is 1. The first-order valence-corrected chi connectivity index (χ1v) is 13.7. The van der Waals surface area contributed by atoms with Crippen molar-refractivity contribution in [3.05, 3.63) is 120 Å². The first kappa shape index (κ1) is 28.8. The lowest BCUT2D eigenvalue weighted by Crippen LogP contribution is -2.19. The van der Waals surface area contributed by atoms with Gasteiger partial charge in [0.25, 0.3) is 11.6 Å². The van der Waals surface area contributed by atoms with Gasteiger partial charge in [0.2, 0.25) is 0 Å². The topological polar surface area (TPSA) is 136 Å². The lowest BCUT2D eigenvalue weighted by atomic mass is 10.0. The molecule has 0 saturated carbocycles. The minimum Gasteiger partial charge on any atom is -0.493 e. The summed E-state index contributed by atoms with van der Waals surface area (Å²) in [6.07, 6.45) is 1.42. The van der Waals surface area contributed by atoms with Crippen molar-refractivity contribution in [2.24, 2.45) is 5.10 Å². The number of ether oxygens (including phenoxy) is 2. The molecule has 4 aromatic carbocycles. The summed E-state index contributed by atoms with van der Waals surface area (Å²) in [6, 6.07) is 22.9. The van der Waals surface area contributed by atoms with Crippen LogP contribution in [0.25, 0.3) is 22.0 Å². The van der Waals surface area contributed by atoms with E-state index in [1.807, 2.05) is 36.4 Å². The van der Waals surface area contributed by atoms with E-state index in [0.717, 1.165) is 14.5 Å². The number of aromatic amines is 1. The van der Waals surface area contributed by atoms with E-state index < -0.39 is 16.8 Å². The van der Waals surface area contributed by atoms with Crippen LogP contribution in [0.3, 0.4) is 0 Å². The fourth-order valence-corrected chi connectivity index (χ4v) is 4.95. The summed E-state index contributed by atoms with van der Waals surface area (Å²) in [4.78, 5) is 39.3. The number of hydrogen-bond acceptors (Lipinski definition) is 7. The van der Waals surface area contributed by atoms with Crippen LogP contribution in [0.15, 0.2) is 90.0 Å². The van der Waals surface area contributed by atoms with Crippen molar-refractivity contribution in [3.63, 3.8) is 0 Å². The smallest absolute Gasteiger partial charge is 0.343 e. The van der Waals surface area contributed by atoms with E-state index in [2.05, 4.69) is 38.1 Å². The Kier molecular flexibility index (Phi) is 8.50. The van der Waals surface area contributed by atoms with Crippen LogP contribution in [0.1, 0.15) is 26.4 Å². The quantitative estimate of drug-likeness (QED) is 0.0449. The Morgan fingerprint density at radius 1 is 1.02 bits per heavy atom. The fourth-order valence-electron chi connectivity index (χ4n) is 4.23. The fraction of sp³-hybridized carbons (Fsp3) is 0.0333. The van der Waals surface area contributed by atoms with Gasteiger partial charge in [-0.15, -0.1) is 0 Å². The van der Waals surface area contributed by atoms with E-state index in [1.165, 1.54) is 43.7 Å². The number of hydrogen-bond donors (Lipinski definition) is 2. The Morgan fingerprint density at radius 2 is 1.79 bits per heavy atom. The number of nitro benzene ring substituents is 1. The number of non-ortho nitro benzene ring substituents is 1. The molecule has 0 bridgehead atoms. The second-order valence-corrected chi connectivity index (χ2v) is 10.5. The molecule has 1 heterocycles. The number of rotatable bonds is 8. The molecule has 210 valence electrons. The average molecular weight is 695 g/mol. The molecule has 0 spiro atoms. The molecule has 2 N–H and O–H groups in total. The molecule has 0 aliphatic carbocycles. The number of nitrogens with zero attached hydrogens (tertiary/aromatic N) is 2. The molecule has 0 aliphatic heterocycles. The molecule has 10 nitrogen and oxygen atoms in total. The van der Waals surface area contributed by atoms with Crippen LogP contribution in [0.4, 0.5) is 5.69 Å². The summed E-state index contributed by atoms with van der Waals surface area (Å²) >= 11 is 8.71. The van der Waals surface area contributed by atoms with E-state index >= 15 is 0 Å². The predicted molar refractivity (Wildman–Crippen MR) is 168 cm³/mol. The molecular formula is C30H20ClIN4O6. The number of benzene rings is 4. The first-order valence-electron chi connectivity index (χ1n) is 12.3. The second kappa shape index (κ2) is 12.4. The number of nitro groups is 1. The molecule has 5 rings (SSSR count). The number of carbonyl (C=O) groups excluding carboxylic acids is 2. The van der Waals surface area contributed by atoms with Crippen LogP contribution in [-0.2, 0) is 0 Å². The van der Waals surface area contributed by atoms with E-state index in [4.69, 9.17) is 21.1 Å². The second-order valence-electron chi connectivity index (χ2n) is 8.85. The molecule has 0 atom stereocenters. The summed E-state index contributed by atoms with van der Waals surface area (Å²) in [7, 11) is 1.41. The zero-order chi connectivity index (χ0) is 29.8. The first-order chi connectivity index (χ1) is 20.2. The lowest BCUT2D eigenvalue weighted by Gasteiger charge is -2.10. The number of H-pyrrole nitrogens is 1. The molecule has 0 radical (unpaired) electrons. The van der Waals surface area contributed by atoms with Crippen LogP contribution in [0, 0.1) is 13.7 Å². The maximum absolute atomic E-state index is 13.3. The van der Waals surface area contributed by atoms with Crippen LogP contribution in [0.2, 0.25) is 5.02 Å². The number of halogens is 2. The van der Waals surface area contributed by atoms with Gasteiger partial charge in [-0.05, 0) is 82.8 Å². The molecule has 0 fully saturated rings. The van der Waals surface area contributed by atoms with Crippen LogP contribution >= 0.6 is 34.2 Å². The highest BCUT2D eigenvalue weighted by Crippen LogP contribution is 2.37. The van der Waals surface area contributed by atoms with E-state index in [-0.39, 0.29) is 22.7 Å². The molecule has 42 heavy (non-hydrogen) atoms. The molecule has 12 heteroatoms. The number of fused-ring (bicyclic) bond motifs is 1. The molecular weight excluding hydrogens is 675 g/mol. The highest BCUT2D eigenvalue weighted by molar-refractivity contribution is 14.1. The van der Waals surface area contributed by atoms with Crippen molar-refractivity contribution >= 4 is 68.9 Å². The van der Waals surface area contributed by atoms with E-state index in [1.54, 1.807) is 18.2 Å². The predicted octanol–water partition coefficient (Wildman–Crippen LogP) is 6.99. The number of methoxy groups -OCH3 is 1. The standard InChI is InChI=1S/C30H20ClIN4O6/c1-41-26-14-17(6-13-25(26)42-30(38)18-7-10-20(11-8-18)36(39)40)16-33-35-29(37)28-27(21-4-2-3-5-23(21)31)22-15-19(32)9-12-24(22)34-28/h2-16,34H,1H3,(H,35,37). The lowest BCUT2D eigenvalue weighted by molar-refractivity contribution is -0.384. The molecule has 5 aromatic rings. The highest BCUT2D eigenvalue weighted by Gasteiger charge is 2.21. The van der Waals surface area contributed by atoms with Crippen LogP contribution in [0.5, 0.6) is 11.5 Å². The Bertz CT molecular complexity index is 1870. The minimum absolute atomic E-state index is 0.138. The number of carbonyl (C=O) groups is 2. The van der Waals surface area contributed by atoms with Crippen molar-refractivity contribution in [1.82, 2.24) is 10.4 Å². The maximum Gasteiger partial charge on any atom is 0.343 e. The number of esters is 1. The van der Waals surface area contributed by atoms with Gasteiger partial charge in [0.1, 0.15) is 5.69 Å². The van der Waals surface area contributed by atoms with Gasteiger partial charge in [0, 0.05) is 42.8 Å². The van der Waals surface area contributed by atoms with Gasteiger partial charge in [0.05, 0.1) is 23.8 Å². The zero-order valence-electron chi connectivity index (χ0n) is 21.8. The van der Waals surface area contributed by atoms with Gasteiger partial charge < -0.3 is 14.5 Å². The van der Waals surface area contributed by atoms with Crippen molar-refractivity contribution < 1.29 is 24.0 Å². The Morgan fingerprint density at radius 3 is 2.50 bits per heavy atom. The third-order valence-electron chi connectivity index (χ3n) is 6.21. The van der Waals surface area contributed by atoms with Gasteiger partial charge in [-0.2, -0.15) is 5.10 Å². The number of nitrogens with one attached hydrogen (secondary N) is 2. The van der Waals surface area contributed by atoms with Crippen LogP contribution in [-0.4, -0.2) is 35.1 Å². The van der Waals surface area contributed by atoms with E-state index in [0.29, 0.717) is 27.4 Å². The minimum atomic E-state index is -0.709. The summed E-state index contributed by atoms with van der Waals surface area (Å²) in [5.74, 6) is -0.793. The monoisotopic (exact) mass is 694 g/mol. The largest absolute Gasteiger partial charge is 0.493 e. The Hall–Kier alpha value is -4.75. The van der Waals surface area contributed by atoms with Crippen molar-refractivity contribution in [3.8, 4) is 22.6 Å². The molecule has 1 aromatic heterocycles. The third-order valence-corrected chi connectivity index (χ3v) is 7.22. The summed E-state index contributed by atoms with van der Waals surface area (Å²) < 4.78 is 11.8. The summed E-state index contributed by atoms with van der Waals surface area (Å²) in [5, 5.41) is 16.3. The van der Waals surface area contributed by atoms with Gasteiger partial charge >= 0.3 is 5.97 Å². The average Bonchev–Trinajstić information content (AvgIpc) is 3.36.